The summed E-state index contributed by atoms with van der Waals surface area (Å²) >= 11 is 3.69. The molecule has 1 rings (SSSR count). The second kappa shape index (κ2) is 3.34. The first kappa shape index (κ1) is 8.00. The van der Waals surface area contributed by atoms with E-state index in [1.165, 1.54) is 11.3 Å². The zero-order valence-electron chi connectivity index (χ0n) is 5.00. The molecule has 0 radical (unpaired) electrons. The minimum Gasteiger partial charge on any atom is -0.481 e. The number of aliphatic carboxylic acids is 1. The number of halogens is 1. The molecule has 0 aliphatic rings. The second-order valence-electron chi connectivity index (χ2n) is 1.78. The van der Waals surface area contributed by atoms with E-state index in [9.17, 15) is 4.79 Å². The van der Waals surface area contributed by atoms with Crippen molar-refractivity contribution in [3.05, 3.63) is 19.9 Å². The highest BCUT2D eigenvalue weighted by atomic mass is 127. The van der Waals surface area contributed by atoms with Crippen molar-refractivity contribution in [3.63, 3.8) is 0 Å². The van der Waals surface area contributed by atoms with E-state index < -0.39 is 5.97 Å². The Bertz CT molecular complexity index is 244. The first-order chi connectivity index (χ1) is 4.68. The van der Waals surface area contributed by atoms with Gasteiger partial charge in [-0.05, 0) is 34.7 Å². The van der Waals surface area contributed by atoms with Gasteiger partial charge >= 0.3 is 5.97 Å². The fraction of sp³-hybridized carbons (Fsp3) is 0.167. The molecule has 0 saturated heterocycles. The smallest absolute Gasteiger partial charge is 0.308 e. The molecule has 10 heavy (non-hydrogen) atoms. The van der Waals surface area contributed by atoms with Gasteiger partial charge in [0.05, 0.1) is 9.30 Å². The van der Waals surface area contributed by atoms with E-state index in [4.69, 9.17) is 5.11 Å². The van der Waals surface area contributed by atoms with Crippen molar-refractivity contribution >= 4 is 39.9 Å². The molecule has 0 bridgehead atoms. The van der Waals surface area contributed by atoms with Crippen molar-refractivity contribution in [1.82, 2.24) is 0 Å². The van der Waals surface area contributed by atoms with Crippen LogP contribution in [0.4, 0.5) is 0 Å². The molecule has 1 heterocycles. The van der Waals surface area contributed by atoms with Crippen LogP contribution in [0.3, 0.4) is 0 Å². The van der Waals surface area contributed by atoms with Gasteiger partial charge in [-0.15, -0.1) is 11.3 Å². The molecule has 0 aromatic carbocycles. The summed E-state index contributed by atoms with van der Waals surface area (Å²) in [6.45, 7) is 0. The third kappa shape index (κ3) is 2.26. The third-order valence-electron chi connectivity index (χ3n) is 0.954. The van der Waals surface area contributed by atoms with Crippen LogP contribution in [0.5, 0.6) is 0 Å². The van der Waals surface area contributed by atoms with Crippen LogP contribution < -0.4 is 0 Å². The molecule has 0 aliphatic carbocycles. The van der Waals surface area contributed by atoms with Gasteiger partial charge in [-0.3, -0.25) is 4.79 Å². The fourth-order valence-electron chi connectivity index (χ4n) is 0.596. The van der Waals surface area contributed by atoms with Crippen LogP contribution in [0.1, 0.15) is 4.88 Å². The molecule has 0 aliphatic heterocycles. The lowest BCUT2D eigenvalue weighted by molar-refractivity contribution is -0.136. The molecule has 0 fully saturated rings. The van der Waals surface area contributed by atoms with E-state index in [1.807, 2.05) is 12.1 Å². The largest absolute Gasteiger partial charge is 0.481 e. The van der Waals surface area contributed by atoms with E-state index in [2.05, 4.69) is 22.6 Å². The summed E-state index contributed by atoms with van der Waals surface area (Å²) in [5, 5.41) is 8.38. The van der Waals surface area contributed by atoms with Crippen molar-refractivity contribution in [3.8, 4) is 0 Å². The quantitative estimate of drug-likeness (QED) is 0.833. The molecule has 1 aromatic rings. The summed E-state index contributed by atoms with van der Waals surface area (Å²) in [5.74, 6) is -0.766. The number of thiophene rings is 1. The molecule has 0 saturated carbocycles. The van der Waals surface area contributed by atoms with Crippen LogP contribution in [0.15, 0.2) is 12.1 Å². The summed E-state index contributed by atoms with van der Waals surface area (Å²) in [6, 6.07) is 3.77. The van der Waals surface area contributed by atoms with Gasteiger partial charge in [0.15, 0.2) is 0 Å². The van der Waals surface area contributed by atoms with Crippen molar-refractivity contribution in [2.75, 3.05) is 0 Å². The minimum absolute atomic E-state index is 0.146. The van der Waals surface area contributed by atoms with Crippen LogP contribution in [-0.4, -0.2) is 11.1 Å². The topological polar surface area (TPSA) is 37.3 Å². The first-order valence-corrected chi connectivity index (χ1v) is 4.54. The van der Waals surface area contributed by atoms with E-state index >= 15 is 0 Å². The standard InChI is InChI=1S/C6H5IO2S/c7-5-2-1-4(10-5)3-6(8)9/h1-2H,3H2,(H,8,9). The van der Waals surface area contributed by atoms with Gasteiger partial charge in [0, 0.05) is 4.88 Å². The van der Waals surface area contributed by atoms with Crippen molar-refractivity contribution in [2.45, 2.75) is 6.42 Å². The lowest BCUT2D eigenvalue weighted by Crippen LogP contribution is -1.96. The fourth-order valence-corrected chi connectivity index (χ4v) is 2.34. The van der Waals surface area contributed by atoms with Gasteiger partial charge in [-0.2, -0.15) is 0 Å². The molecule has 54 valence electrons. The molecule has 0 spiro atoms. The SMILES string of the molecule is O=C(O)Cc1ccc(I)s1. The first-order valence-electron chi connectivity index (χ1n) is 2.64. The van der Waals surface area contributed by atoms with Gasteiger partial charge in [-0.25, -0.2) is 0 Å². The Morgan fingerprint density at radius 1 is 1.70 bits per heavy atom. The van der Waals surface area contributed by atoms with E-state index in [0.717, 1.165) is 7.76 Å². The van der Waals surface area contributed by atoms with Crippen molar-refractivity contribution in [1.29, 1.82) is 0 Å². The molecule has 4 heteroatoms. The predicted molar refractivity (Wildman–Crippen MR) is 48.4 cm³/mol. The molecule has 1 N–H and O–H groups in total. The summed E-state index contributed by atoms with van der Waals surface area (Å²) in [7, 11) is 0. The van der Waals surface area contributed by atoms with Crippen LogP contribution in [0, 0.1) is 2.88 Å². The lowest BCUT2D eigenvalue weighted by atomic mass is 10.3. The van der Waals surface area contributed by atoms with Gasteiger partial charge in [-0.1, -0.05) is 0 Å². The van der Waals surface area contributed by atoms with Crippen molar-refractivity contribution in [2.24, 2.45) is 0 Å². The number of rotatable bonds is 2. The van der Waals surface area contributed by atoms with Gasteiger partial charge in [0.1, 0.15) is 0 Å². The maximum Gasteiger partial charge on any atom is 0.308 e. The molecule has 0 atom stereocenters. The average Bonchev–Trinajstić information content (AvgIpc) is 2.13. The Hall–Kier alpha value is -0.100. The zero-order chi connectivity index (χ0) is 7.56. The Morgan fingerprint density at radius 2 is 2.40 bits per heavy atom. The number of carboxylic acid groups (broad SMARTS) is 1. The minimum atomic E-state index is -0.766. The van der Waals surface area contributed by atoms with Crippen LogP contribution in [0.2, 0.25) is 0 Å². The number of hydrogen-bond donors (Lipinski definition) is 1. The lowest BCUT2D eigenvalue weighted by Gasteiger charge is -1.85. The molecular formula is C6H5IO2S. The monoisotopic (exact) mass is 268 g/mol. The Kier molecular flexibility index (Phi) is 2.67. The predicted octanol–water partition coefficient (Wildman–Crippen LogP) is 1.98. The Balaban J connectivity index is 2.67. The summed E-state index contributed by atoms with van der Waals surface area (Å²) < 4.78 is 1.13. The highest BCUT2D eigenvalue weighted by Crippen LogP contribution is 2.18. The van der Waals surface area contributed by atoms with Gasteiger partial charge < -0.3 is 5.11 Å². The normalized spacial score (nSPS) is 9.70. The summed E-state index contributed by atoms with van der Waals surface area (Å²) in [6.07, 6.45) is 0.146. The van der Waals surface area contributed by atoms with Crippen LogP contribution in [-0.2, 0) is 11.2 Å². The Morgan fingerprint density at radius 3 is 2.80 bits per heavy atom. The number of carboxylic acids is 1. The summed E-state index contributed by atoms with van der Waals surface area (Å²) in [4.78, 5) is 11.1. The number of hydrogen-bond acceptors (Lipinski definition) is 2. The number of carbonyl (C=O) groups is 1. The maximum atomic E-state index is 10.2. The van der Waals surface area contributed by atoms with Gasteiger partial charge in [0.25, 0.3) is 0 Å². The Labute approximate surface area is 76.0 Å². The molecule has 1 aromatic heterocycles. The highest BCUT2D eigenvalue weighted by Gasteiger charge is 2.01. The van der Waals surface area contributed by atoms with E-state index in [0.29, 0.717) is 0 Å². The second-order valence-corrected chi connectivity index (χ2v) is 4.84. The van der Waals surface area contributed by atoms with Crippen LogP contribution in [0.25, 0.3) is 0 Å². The van der Waals surface area contributed by atoms with E-state index in [1.54, 1.807) is 0 Å². The van der Waals surface area contributed by atoms with Crippen LogP contribution >= 0.6 is 33.9 Å². The molecular weight excluding hydrogens is 263 g/mol. The molecule has 0 amide bonds. The third-order valence-corrected chi connectivity index (χ3v) is 2.85. The maximum absolute atomic E-state index is 10.2. The molecule has 2 nitrogen and oxygen atoms in total. The van der Waals surface area contributed by atoms with Gasteiger partial charge in [0.2, 0.25) is 0 Å². The zero-order valence-corrected chi connectivity index (χ0v) is 7.98. The molecule has 0 unspecified atom stereocenters. The average molecular weight is 268 g/mol. The summed E-state index contributed by atoms with van der Waals surface area (Å²) in [5.41, 5.74) is 0. The highest BCUT2D eigenvalue weighted by molar-refractivity contribution is 14.1. The van der Waals surface area contributed by atoms with E-state index in [-0.39, 0.29) is 6.42 Å². The van der Waals surface area contributed by atoms with Crippen molar-refractivity contribution < 1.29 is 9.90 Å².